The van der Waals surface area contributed by atoms with Crippen LogP contribution in [-0.4, -0.2) is 46.4 Å². The molecule has 2 atom stereocenters. The van der Waals surface area contributed by atoms with E-state index in [1.165, 1.54) is 9.80 Å². The number of urea groups is 1. The number of aliphatic hydroxyl groups is 2. The van der Waals surface area contributed by atoms with Crippen LogP contribution in [0.4, 0.5) is 4.79 Å². The van der Waals surface area contributed by atoms with E-state index in [0.29, 0.717) is 11.1 Å². The summed E-state index contributed by atoms with van der Waals surface area (Å²) in [5.74, 6) is -0.785. The molecule has 0 saturated carbocycles. The van der Waals surface area contributed by atoms with Crippen molar-refractivity contribution in [2.24, 2.45) is 0 Å². The SMILES string of the molecule is C=CC(c1cn[nH]c1)N1C(=O)N(C(C=C)c2cn[nH]c2)C(Cc2ccccc2)=C(O)C(O)=C1Cc1ccccc1. The van der Waals surface area contributed by atoms with Gasteiger partial charge in [0.05, 0.1) is 35.9 Å². The highest BCUT2D eigenvalue weighted by Crippen LogP contribution is 2.40. The Morgan fingerprint density at radius 2 is 1.12 bits per heavy atom. The minimum absolute atomic E-state index is 0.168. The van der Waals surface area contributed by atoms with E-state index in [-0.39, 0.29) is 24.2 Å². The Kier molecular flexibility index (Phi) is 7.63. The lowest BCUT2D eigenvalue weighted by molar-refractivity contribution is 0.158. The number of rotatable bonds is 10. The summed E-state index contributed by atoms with van der Waals surface area (Å²) in [5.41, 5.74) is 3.46. The van der Waals surface area contributed by atoms with Gasteiger partial charge in [0.2, 0.25) is 0 Å². The van der Waals surface area contributed by atoms with E-state index in [0.717, 1.165) is 11.1 Å². The van der Waals surface area contributed by atoms with Gasteiger partial charge in [0.1, 0.15) is 0 Å². The predicted octanol–water partition coefficient (Wildman–Crippen LogP) is 6.05. The van der Waals surface area contributed by atoms with Gasteiger partial charge in [-0.25, -0.2) is 4.79 Å². The number of aromatic nitrogens is 4. The Morgan fingerprint density at radius 1 is 0.725 bits per heavy atom. The van der Waals surface area contributed by atoms with Gasteiger partial charge in [0, 0.05) is 36.4 Å². The molecule has 1 aliphatic heterocycles. The molecule has 2 aromatic carbocycles. The summed E-state index contributed by atoms with van der Waals surface area (Å²) in [5, 5.41) is 37.1. The Hall–Kier alpha value is -5.31. The molecular formula is C31H30N6O3. The van der Waals surface area contributed by atoms with Crippen molar-refractivity contribution in [2.75, 3.05) is 0 Å². The maximum absolute atomic E-state index is 14.8. The molecule has 4 N–H and O–H groups in total. The molecular weight excluding hydrogens is 504 g/mol. The van der Waals surface area contributed by atoms with Gasteiger partial charge >= 0.3 is 6.03 Å². The number of aromatic amines is 2. The normalized spacial score (nSPS) is 15.7. The van der Waals surface area contributed by atoms with Crippen molar-refractivity contribution in [1.29, 1.82) is 0 Å². The fourth-order valence-corrected chi connectivity index (χ4v) is 4.96. The molecule has 0 saturated heterocycles. The molecule has 9 heteroatoms. The molecule has 0 radical (unpaired) electrons. The van der Waals surface area contributed by atoms with E-state index in [1.807, 2.05) is 60.7 Å². The average molecular weight is 535 g/mol. The maximum atomic E-state index is 14.8. The van der Waals surface area contributed by atoms with Crippen molar-refractivity contribution in [3.63, 3.8) is 0 Å². The second kappa shape index (κ2) is 11.6. The van der Waals surface area contributed by atoms with E-state index in [9.17, 15) is 15.0 Å². The highest BCUT2D eigenvalue weighted by molar-refractivity contribution is 5.82. The molecule has 1 aliphatic rings. The molecule has 2 amide bonds. The van der Waals surface area contributed by atoms with Crippen LogP contribution in [0.2, 0.25) is 0 Å². The van der Waals surface area contributed by atoms with Crippen molar-refractivity contribution in [3.8, 4) is 0 Å². The van der Waals surface area contributed by atoms with Crippen LogP contribution in [0.25, 0.3) is 0 Å². The van der Waals surface area contributed by atoms with Crippen LogP contribution in [-0.2, 0) is 12.8 Å². The van der Waals surface area contributed by atoms with Crippen LogP contribution >= 0.6 is 0 Å². The first-order chi connectivity index (χ1) is 19.5. The number of carbonyl (C=O) groups excluding carboxylic acids is 1. The van der Waals surface area contributed by atoms with Gasteiger partial charge in [-0.3, -0.25) is 20.0 Å². The molecule has 40 heavy (non-hydrogen) atoms. The van der Waals surface area contributed by atoms with E-state index in [1.54, 1.807) is 36.9 Å². The molecule has 0 bridgehead atoms. The molecule has 202 valence electrons. The van der Waals surface area contributed by atoms with E-state index in [4.69, 9.17) is 0 Å². The van der Waals surface area contributed by atoms with Gasteiger partial charge in [-0.2, -0.15) is 10.2 Å². The Bertz CT molecular complexity index is 1410. The molecule has 0 spiro atoms. The fourth-order valence-electron chi connectivity index (χ4n) is 4.96. The van der Waals surface area contributed by atoms with Gasteiger partial charge in [0.25, 0.3) is 0 Å². The number of nitrogens with one attached hydrogen (secondary N) is 2. The first kappa shape index (κ1) is 26.3. The molecule has 2 aromatic heterocycles. The number of carbonyl (C=O) groups is 1. The average Bonchev–Trinajstić information content (AvgIpc) is 3.71. The molecule has 0 fully saturated rings. The summed E-state index contributed by atoms with van der Waals surface area (Å²) in [6.07, 6.45) is 10.1. The molecule has 5 rings (SSSR count). The smallest absolute Gasteiger partial charge is 0.330 e. The summed E-state index contributed by atoms with van der Waals surface area (Å²) in [4.78, 5) is 17.8. The first-order valence-electron chi connectivity index (χ1n) is 12.8. The zero-order chi connectivity index (χ0) is 28.1. The van der Waals surface area contributed by atoms with E-state index >= 15 is 0 Å². The lowest BCUT2D eigenvalue weighted by atomic mass is 10.0. The number of nitrogens with zero attached hydrogens (tertiary/aromatic N) is 4. The number of hydrogen-bond acceptors (Lipinski definition) is 5. The fraction of sp³-hybridized carbons (Fsp3) is 0.129. The minimum Gasteiger partial charge on any atom is -0.503 e. The second-order valence-corrected chi connectivity index (χ2v) is 9.36. The largest absolute Gasteiger partial charge is 0.503 e. The van der Waals surface area contributed by atoms with Crippen LogP contribution in [0.5, 0.6) is 0 Å². The molecule has 3 heterocycles. The summed E-state index contributed by atoms with van der Waals surface area (Å²) in [6, 6.07) is 17.0. The zero-order valence-corrected chi connectivity index (χ0v) is 21.8. The van der Waals surface area contributed by atoms with Gasteiger partial charge in [-0.05, 0) is 11.1 Å². The van der Waals surface area contributed by atoms with E-state index in [2.05, 4.69) is 33.6 Å². The predicted molar refractivity (Wildman–Crippen MR) is 152 cm³/mol. The third kappa shape index (κ3) is 5.04. The highest BCUT2D eigenvalue weighted by atomic mass is 16.3. The highest BCUT2D eigenvalue weighted by Gasteiger charge is 2.41. The van der Waals surface area contributed by atoms with Gasteiger partial charge in [-0.1, -0.05) is 72.8 Å². The number of allylic oxidation sites excluding steroid dienone is 2. The lowest BCUT2D eigenvalue weighted by Crippen LogP contribution is -2.44. The maximum Gasteiger partial charge on any atom is 0.330 e. The second-order valence-electron chi connectivity index (χ2n) is 9.36. The Morgan fingerprint density at radius 3 is 1.45 bits per heavy atom. The zero-order valence-electron chi connectivity index (χ0n) is 21.8. The van der Waals surface area contributed by atoms with Gasteiger partial charge < -0.3 is 10.2 Å². The van der Waals surface area contributed by atoms with Crippen LogP contribution < -0.4 is 0 Å². The number of H-pyrrole nitrogens is 2. The molecule has 9 nitrogen and oxygen atoms in total. The summed E-state index contributed by atoms with van der Waals surface area (Å²) in [6.45, 7) is 8.00. The van der Waals surface area contributed by atoms with Gasteiger partial charge in [0.15, 0.2) is 11.5 Å². The van der Waals surface area contributed by atoms with Crippen LogP contribution in [0.1, 0.15) is 34.3 Å². The van der Waals surface area contributed by atoms with Crippen molar-refractivity contribution >= 4 is 6.03 Å². The standard InChI is InChI=1S/C31H30N6O3/c1-3-25(23-17-32-33-18-23)36-27(15-21-11-7-5-8-12-21)29(38)30(39)28(16-22-13-9-6-10-14-22)37(31(36)40)26(4-2)24-19-34-35-20-24/h3-14,17-20,25-26,38-39H,1-2,15-16H2,(H,32,33)(H,34,35). The third-order valence-electron chi connectivity index (χ3n) is 6.92. The molecule has 0 aliphatic carbocycles. The van der Waals surface area contributed by atoms with Crippen molar-refractivity contribution in [3.05, 3.63) is 156 Å². The number of benzene rings is 2. The number of aliphatic hydroxyl groups excluding tert-OH is 2. The first-order valence-corrected chi connectivity index (χ1v) is 12.8. The number of hydrogen-bond donors (Lipinski definition) is 4. The molecule has 2 unspecified atom stereocenters. The van der Waals surface area contributed by atoms with Crippen LogP contribution in [0.15, 0.2) is 134 Å². The van der Waals surface area contributed by atoms with Crippen molar-refractivity contribution < 1.29 is 15.0 Å². The summed E-state index contributed by atoms with van der Waals surface area (Å²) >= 11 is 0. The summed E-state index contributed by atoms with van der Waals surface area (Å²) in [7, 11) is 0. The molecule has 4 aromatic rings. The Labute approximate surface area is 232 Å². The van der Waals surface area contributed by atoms with Gasteiger partial charge in [-0.15, -0.1) is 13.2 Å². The number of amides is 2. The quantitative estimate of drug-likeness (QED) is 0.185. The lowest BCUT2D eigenvalue weighted by Gasteiger charge is -2.37. The van der Waals surface area contributed by atoms with E-state index < -0.39 is 29.6 Å². The Balaban J connectivity index is 1.74. The van der Waals surface area contributed by atoms with Crippen molar-refractivity contribution in [2.45, 2.75) is 24.9 Å². The van der Waals surface area contributed by atoms with Crippen molar-refractivity contribution in [1.82, 2.24) is 30.2 Å². The van der Waals surface area contributed by atoms with Crippen LogP contribution in [0, 0.1) is 0 Å². The van der Waals surface area contributed by atoms with Crippen LogP contribution in [0.3, 0.4) is 0 Å². The monoisotopic (exact) mass is 534 g/mol. The topological polar surface area (TPSA) is 121 Å². The minimum atomic E-state index is -0.715. The third-order valence-corrected chi connectivity index (χ3v) is 6.92. The summed E-state index contributed by atoms with van der Waals surface area (Å²) < 4.78 is 0.